The molecule has 0 bridgehead atoms. The molecule has 0 aliphatic heterocycles. The van der Waals surface area contributed by atoms with Gasteiger partial charge in [-0.1, -0.05) is 72.3 Å². The molecule has 4 nitrogen and oxygen atoms in total. The molecule has 3 aromatic carbocycles. The Bertz CT molecular complexity index is 1360. The number of aromatic nitrogens is 1. The first-order valence-corrected chi connectivity index (χ1v) is 11.5. The van der Waals surface area contributed by atoms with Crippen LogP contribution in [0.4, 0.5) is 0 Å². The highest BCUT2D eigenvalue weighted by molar-refractivity contribution is 6.07. The molecule has 5 aromatic rings. The summed E-state index contributed by atoms with van der Waals surface area (Å²) in [5.74, 6) is 0.744. The number of carbonyl (C=O) groups excluding carboxylic acids is 1. The van der Waals surface area contributed by atoms with Crippen molar-refractivity contribution in [3.63, 3.8) is 0 Å². The van der Waals surface area contributed by atoms with Crippen LogP contribution in [0.3, 0.4) is 0 Å². The van der Waals surface area contributed by atoms with Crippen LogP contribution in [0.25, 0.3) is 22.4 Å². The first-order valence-electron chi connectivity index (χ1n) is 11.5. The molecule has 0 radical (unpaired) electrons. The number of amides is 1. The van der Waals surface area contributed by atoms with Crippen molar-refractivity contribution in [2.75, 3.05) is 6.54 Å². The van der Waals surface area contributed by atoms with Crippen LogP contribution in [0, 0.1) is 6.92 Å². The topological polar surface area (TPSA) is 55.1 Å². The van der Waals surface area contributed by atoms with Crippen molar-refractivity contribution in [1.29, 1.82) is 0 Å². The fourth-order valence-electron chi connectivity index (χ4n) is 4.40. The Morgan fingerprint density at radius 1 is 0.882 bits per heavy atom. The number of hydrogen-bond donors (Lipinski definition) is 1. The van der Waals surface area contributed by atoms with Gasteiger partial charge in [0, 0.05) is 17.8 Å². The zero-order chi connectivity index (χ0) is 23.3. The Labute approximate surface area is 199 Å². The smallest absolute Gasteiger partial charge is 0.252 e. The third-order valence-corrected chi connectivity index (χ3v) is 6.10. The lowest BCUT2D eigenvalue weighted by Crippen LogP contribution is -2.26. The van der Waals surface area contributed by atoms with E-state index in [1.807, 2.05) is 55.5 Å². The number of aryl methyl sites for hydroxylation is 1. The molecule has 0 unspecified atom stereocenters. The number of benzene rings is 3. The Hall–Kier alpha value is -4.18. The quantitative estimate of drug-likeness (QED) is 0.301. The number of fused-ring (bicyclic) bond motifs is 1. The molecular formula is C30H26N2O2. The predicted molar refractivity (Wildman–Crippen MR) is 136 cm³/mol. The molecule has 1 N–H and O–H groups in total. The van der Waals surface area contributed by atoms with E-state index < -0.39 is 0 Å². The zero-order valence-electron chi connectivity index (χ0n) is 19.1. The second-order valence-corrected chi connectivity index (χ2v) is 8.47. The van der Waals surface area contributed by atoms with Crippen molar-refractivity contribution < 1.29 is 9.21 Å². The lowest BCUT2D eigenvalue weighted by Gasteiger charge is -2.19. The molecule has 2 aromatic heterocycles. The number of hydrogen-bond acceptors (Lipinski definition) is 3. The minimum absolute atomic E-state index is 0.106. The number of carbonyl (C=O) groups is 1. The molecule has 0 fully saturated rings. The number of nitrogens with zero attached hydrogens (tertiary/aromatic N) is 1. The van der Waals surface area contributed by atoms with Gasteiger partial charge < -0.3 is 9.73 Å². The summed E-state index contributed by atoms with van der Waals surface area (Å²) in [5.41, 5.74) is 5.61. The van der Waals surface area contributed by atoms with E-state index in [-0.39, 0.29) is 11.8 Å². The van der Waals surface area contributed by atoms with E-state index in [1.54, 1.807) is 6.26 Å². The summed E-state index contributed by atoms with van der Waals surface area (Å²) in [6, 6.07) is 32.4. The summed E-state index contributed by atoms with van der Waals surface area (Å²) in [5, 5.41) is 4.00. The molecule has 0 aliphatic carbocycles. The number of rotatable bonds is 7. The third kappa shape index (κ3) is 4.62. The van der Waals surface area contributed by atoms with Crippen molar-refractivity contribution in [3.8, 4) is 11.5 Å². The Balaban J connectivity index is 1.40. The van der Waals surface area contributed by atoms with Crippen LogP contribution in [0.15, 0.2) is 108 Å². The maximum atomic E-state index is 13.4. The average Bonchev–Trinajstić information content (AvgIpc) is 3.42. The van der Waals surface area contributed by atoms with Crippen molar-refractivity contribution >= 4 is 16.8 Å². The van der Waals surface area contributed by atoms with Gasteiger partial charge in [0.2, 0.25) is 0 Å². The molecule has 0 saturated heterocycles. The van der Waals surface area contributed by atoms with Crippen molar-refractivity contribution in [3.05, 3.63) is 126 Å². The molecule has 0 spiro atoms. The van der Waals surface area contributed by atoms with Gasteiger partial charge in [0.15, 0.2) is 5.76 Å². The van der Waals surface area contributed by atoms with Crippen LogP contribution in [-0.2, 0) is 0 Å². The monoisotopic (exact) mass is 446 g/mol. The SMILES string of the molecule is Cc1ccc2nc(-c3ccco3)cc(C(=O)NCCC(c3ccccc3)c3ccccc3)c2c1. The number of nitrogens with one attached hydrogen (secondary N) is 1. The van der Waals surface area contributed by atoms with E-state index in [2.05, 4.69) is 53.8 Å². The molecule has 2 heterocycles. The van der Waals surface area contributed by atoms with Crippen LogP contribution in [0.2, 0.25) is 0 Å². The van der Waals surface area contributed by atoms with Crippen molar-refractivity contribution in [2.45, 2.75) is 19.3 Å². The first-order chi connectivity index (χ1) is 16.7. The van der Waals surface area contributed by atoms with Crippen LogP contribution in [-0.4, -0.2) is 17.4 Å². The van der Waals surface area contributed by atoms with Gasteiger partial charge in [0.05, 0.1) is 17.3 Å². The minimum Gasteiger partial charge on any atom is -0.463 e. The molecule has 1 amide bonds. The predicted octanol–water partition coefficient (Wildman–Crippen LogP) is 6.76. The zero-order valence-corrected chi connectivity index (χ0v) is 19.1. The van der Waals surface area contributed by atoms with Gasteiger partial charge in [-0.2, -0.15) is 0 Å². The van der Waals surface area contributed by atoms with Crippen LogP contribution in [0.1, 0.15) is 39.4 Å². The van der Waals surface area contributed by atoms with E-state index in [0.717, 1.165) is 22.9 Å². The summed E-state index contributed by atoms with van der Waals surface area (Å²) in [6.07, 6.45) is 2.41. The first kappa shape index (κ1) is 21.7. The van der Waals surface area contributed by atoms with Gasteiger partial charge in [-0.3, -0.25) is 4.79 Å². The second kappa shape index (κ2) is 9.75. The fraction of sp³-hybridized carbons (Fsp3) is 0.133. The van der Waals surface area contributed by atoms with E-state index in [1.165, 1.54) is 11.1 Å². The normalized spacial score (nSPS) is 11.1. The third-order valence-electron chi connectivity index (χ3n) is 6.10. The highest BCUT2D eigenvalue weighted by Gasteiger charge is 2.17. The molecule has 0 atom stereocenters. The van der Waals surface area contributed by atoms with Gasteiger partial charge >= 0.3 is 0 Å². The summed E-state index contributed by atoms with van der Waals surface area (Å²) in [7, 11) is 0. The molecule has 34 heavy (non-hydrogen) atoms. The van der Waals surface area contributed by atoms with E-state index >= 15 is 0 Å². The van der Waals surface area contributed by atoms with Gasteiger partial charge in [-0.05, 0) is 54.8 Å². The average molecular weight is 447 g/mol. The van der Waals surface area contributed by atoms with Crippen LogP contribution >= 0.6 is 0 Å². The minimum atomic E-state index is -0.106. The largest absolute Gasteiger partial charge is 0.463 e. The van der Waals surface area contributed by atoms with E-state index in [9.17, 15) is 4.79 Å². The molecular weight excluding hydrogens is 420 g/mol. The Kier molecular flexibility index (Phi) is 6.21. The maximum Gasteiger partial charge on any atom is 0.252 e. The van der Waals surface area contributed by atoms with Crippen molar-refractivity contribution in [2.24, 2.45) is 0 Å². The standard InChI is InChI=1S/C30H26N2O2/c1-21-14-15-27-25(19-21)26(20-28(32-27)29-13-8-18-34-29)30(33)31-17-16-24(22-9-4-2-5-10-22)23-11-6-3-7-12-23/h2-15,18-20,24H,16-17H2,1H3,(H,31,33). The summed E-state index contributed by atoms with van der Waals surface area (Å²) in [6.45, 7) is 2.57. The number of furan rings is 1. The Morgan fingerprint density at radius 3 is 2.24 bits per heavy atom. The highest BCUT2D eigenvalue weighted by Crippen LogP contribution is 2.28. The fourth-order valence-corrected chi connectivity index (χ4v) is 4.40. The van der Waals surface area contributed by atoms with Gasteiger partial charge in [0.1, 0.15) is 5.69 Å². The second-order valence-electron chi connectivity index (χ2n) is 8.47. The number of pyridine rings is 1. The Morgan fingerprint density at radius 2 is 1.59 bits per heavy atom. The van der Waals surface area contributed by atoms with Gasteiger partial charge in [-0.15, -0.1) is 0 Å². The maximum absolute atomic E-state index is 13.4. The summed E-state index contributed by atoms with van der Waals surface area (Å²) in [4.78, 5) is 18.1. The van der Waals surface area contributed by atoms with Gasteiger partial charge in [-0.25, -0.2) is 4.98 Å². The lowest BCUT2D eigenvalue weighted by atomic mass is 9.88. The van der Waals surface area contributed by atoms with Crippen molar-refractivity contribution in [1.82, 2.24) is 10.3 Å². The molecule has 5 rings (SSSR count). The molecule has 4 heteroatoms. The molecule has 168 valence electrons. The molecule has 0 aliphatic rings. The lowest BCUT2D eigenvalue weighted by molar-refractivity contribution is 0.0954. The van der Waals surface area contributed by atoms with E-state index in [0.29, 0.717) is 23.6 Å². The highest BCUT2D eigenvalue weighted by atomic mass is 16.3. The van der Waals surface area contributed by atoms with Crippen LogP contribution < -0.4 is 5.32 Å². The van der Waals surface area contributed by atoms with Crippen LogP contribution in [0.5, 0.6) is 0 Å². The van der Waals surface area contributed by atoms with E-state index in [4.69, 9.17) is 9.40 Å². The summed E-state index contributed by atoms with van der Waals surface area (Å²) < 4.78 is 5.54. The van der Waals surface area contributed by atoms with Gasteiger partial charge in [0.25, 0.3) is 5.91 Å². The summed E-state index contributed by atoms with van der Waals surface area (Å²) >= 11 is 0. The molecule has 0 saturated carbocycles.